The molecule has 0 bridgehead atoms. The molecular formula is C26H31N3O. The number of hydrogen-bond donors (Lipinski definition) is 0. The van der Waals surface area contributed by atoms with Crippen LogP contribution in [-0.4, -0.2) is 21.2 Å². The summed E-state index contributed by atoms with van der Waals surface area (Å²) in [5, 5.41) is 4.84. The van der Waals surface area contributed by atoms with E-state index < -0.39 is 0 Å². The fourth-order valence-electron chi connectivity index (χ4n) is 4.17. The van der Waals surface area contributed by atoms with Crippen LogP contribution < -0.4 is 4.90 Å². The summed E-state index contributed by atoms with van der Waals surface area (Å²) in [6.07, 6.45) is 3.76. The number of amides is 1. The lowest BCUT2D eigenvalue weighted by Crippen LogP contribution is -2.48. The Morgan fingerprint density at radius 2 is 1.33 bits per heavy atom. The molecule has 0 N–H and O–H groups in total. The minimum atomic E-state index is -0.323. The molecule has 4 nitrogen and oxygen atoms in total. The highest BCUT2D eigenvalue weighted by atomic mass is 16.2. The lowest BCUT2D eigenvalue weighted by Gasteiger charge is -2.40. The zero-order valence-corrected chi connectivity index (χ0v) is 18.9. The van der Waals surface area contributed by atoms with Crippen molar-refractivity contribution in [2.24, 2.45) is 0 Å². The van der Waals surface area contributed by atoms with Crippen molar-refractivity contribution >= 4 is 11.6 Å². The zero-order valence-electron chi connectivity index (χ0n) is 18.9. The predicted molar refractivity (Wildman–Crippen MR) is 124 cm³/mol. The van der Waals surface area contributed by atoms with Crippen molar-refractivity contribution in [2.75, 3.05) is 4.90 Å². The Balaban J connectivity index is 2.15. The van der Waals surface area contributed by atoms with E-state index >= 15 is 0 Å². The lowest BCUT2D eigenvalue weighted by atomic mass is 9.88. The smallest absolute Gasteiger partial charge is 0.259 e. The van der Waals surface area contributed by atoms with Gasteiger partial charge in [0.2, 0.25) is 0 Å². The average molecular weight is 402 g/mol. The molecule has 1 aromatic heterocycles. The molecule has 0 aliphatic carbocycles. The molecule has 156 valence electrons. The highest BCUT2D eigenvalue weighted by molar-refractivity contribution is 6.15. The second kappa shape index (κ2) is 7.12. The fourth-order valence-corrected chi connectivity index (χ4v) is 4.17. The number of aromatic nitrogens is 2. The topological polar surface area (TPSA) is 38.1 Å². The number of benzene rings is 2. The minimum Gasteiger partial charge on any atom is -0.302 e. The number of para-hydroxylation sites is 1. The number of fused-ring (bicyclic) bond motifs is 5. The van der Waals surface area contributed by atoms with Gasteiger partial charge in [0.1, 0.15) is 0 Å². The summed E-state index contributed by atoms with van der Waals surface area (Å²) < 4.78 is 2.10. The van der Waals surface area contributed by atoms with Gasteiger partial charge < -0.3 is 4.90 Å². The molecule has 0 fully saturated rings. The van der Waals surface area contributed by atoms with Crippen LogP contribution in [0, 0.1) is 0 Å². The Kier molecular flexibility index (Phi) is 4.84. The first kappa shape index (κ1) is 20.4. The van der Waals surface area contributed by atoms with Crippen molar-refractivity contribution in [2.45, 2.75) is 65.5 Å². The highest BCUT2D eigenvalue weighted by Crippen LogP contribution is 2.45. The molecular weight excluding hydrogens is 370 g/mol. The Hall–Kier alpha value is -2.88. The Morgan fingerprint density at radius 3 is 1.97 bits per heavy atom. The van der Waals surface area contributed by atoms with Gasteiger partial charge in [-0.1, -0.05) is 50.2 Å². The third kappa shape index (κ3) is 2.97. The van der Waals surface area contributed by atoms with Crippen LogP contribution in [0.4, 0.5) is 5.69 Å². The van der Waals surface area contributed by atoms with Crippen LogP contribution in [0.1, 0.15) is 64.7 Å². The van der Waals surface area contributed by atoms with E-state index in [1.54, 1.807) is 0 Å². The first-order chi connectivity index (χ1) is 14.2. The number of carbonyl (C=O) groups is 1. The van der Waals surface area contributed by atoms with E-state index in [9.17, 15) is 4.79 Å². The van der Waals surface area contributed by atoms with Crippen molar-refractivity contribution < 1.29 is 4.79 Å². The van der Waals surface area contributed by atoms with Gasteiger partial charge in [-0.15, -0.1) is 0 Å². The van der Waals surface area contributed by atoms with E-state index in [-0.39, 0.29) is 17.0 Å². The quantitative estimate of drug-likeness (QED) is 0.500. The van der Waals surface area contributed by atoms with Crippen LogP contribution in [-0.2, 0) is 5.54 Å². The predicted octanol–water partition coefficient (Wildman–Crippen LogP) is 6.51. The number of hydrogen-bond acceptors (Lipinski definition) is 2. The Labute approximate surface area is 179 Å². The third-order valence-corrected chi connectivity index (χ3v) is 6.73. The van der Waals surface area contributed by atoms with Gasteiger partial charge in [-0.2, -0.15) is 5.10 Å². The molecule has 0 spiro atoms. The van der Waals surface area contributed by atoms with E-state index in [1.807, 2.05) is 41.4 Å². The molecule has 4 rings (SSSR count). The van der Waals surface area contributed by atoms with Crippen molar-refractivity contribution in [3.05, 3.63) is 60.3 Å². The maximum atomic E-state index is 14.0. The standard InChI is InChI=1S/C26H31N3O/c1-7-25(3,4)28-22-16-12-11-13-18(22)21-17-27-29(26(5,6)8-2)23(21)19-14-9-10-15-20(19)24(28)30/h9-17H,7-8H2,1-6H3. The number of nitrogens with zero attached hydrogens (tertiary/aromatic N) is 3. The van der Waals surface area contributed by atoms with E-state index in [4.69, 9.17) is 5.10 Å². The van der Waals surface area contributed by atoms with Gasteiger partial charge in [-0.05, 0) is 52.7 Å². The summed E-state index contributed by atoms with van der Waals surface area (Å²) in [6, 6.07) is 16.2. The molecule has 2 aromatic carbocycles. The molecule has 1 amide bonds. The Morgan fingerprint density at radius 1 is 0.767 bits per heavy atom. The van der Waals surface area contributed by atoms with Crippen LogP contribution >= 0.6 is 0 Å². The SMILES string of the molecule is CCC(C)(C)N1C(=O)c2ccccc2-c2c(cnn2C(C)(C)CC)-c2ccccc21. The summed E-state index contributed by atoms with van der Waals surface area (Å²) in [6.45, 7) is 13.0. The maximum absolute atomic E-state index is 14.0. The first-order valence-corrected chi connectivity index (χ1v) is 10.8. The molecule has 0 atom stereocenters. The second-order valence-electron chi connectivity index (χ2n) is 9.35. The molecule has 4 heteroatoms. The van der Waals surface area contributed by atoms with Gasteiger partial charge in [0, 0.05) is 27.8 Å². The average Bonchev–Trinajstić information content (AvgIpc) is 3.18. The van der Waals surface area contributed by atoms with Crippen LogP contribution in [0.2, 0.25) is 0 Å². The van der Waals surface area contributed by atoms with Gasteiger partial charge in [0.25, 0.3) is 5.91 Å². The highest BCUT2D eigenvalue weighted by Gasteiger charge is 2.38. The summed E-state index contributed by atoms with van der Waals surface area (Å²) in [5.41, 5.74) is 5.27. The fraction of sp³-hybridized carbons (Fsp3) is 0.385. The number of anilines is 1. The Bertz CT molecular complexity index is 1110. The molecule has 3 aromatic rings. The van der Waals surface area contributed by atoms with Gasteiger partial charge >= 0.3 is 0 Å². The van der Waals surface area contributed by atoms with E-state index in [0.29, 0.717) is 0 Å². The van der Waals surface area contributed by atoms with Crippen LogP contribution in [0.3, 0.4) is 0 Å². The van der Waals surface area contributed by atoms with Crippen molar-refractivity contribution in [1.29, 1.82) is 0 Å². The summed E-state index contributed by atoms with van der Waals surface area (Å²) >= 11 is 0. The normalized spacial score (nSPS) is 13.9. The van der Waals surface area contributed by atoms with Gasteiger partial charge in [0.15, 0.2) is 0 Å². The number of carbonyl (C=O) groups excluding carboxylic acids is 1. The second-order valence-corrected chi connectivity index (χ2v) is 9.35. The molecule has 0 unspecified atom stereocenters. The first-order valence-electron chi connectivity index (χ1n) is 10.8. The zero-order chi connectivity index (χ0) is 21.7. The van der Waals surface area contributed by atoms with Crippen LogP contribution in [0.25, 0.3) is 22.4 Å². The van der Waals surface area contributed by atoms with Crippen molar-refractivity contribution in [3.8, 4) is 22.4 Å². The largest absolute Gasteiger partial charge is 0.302 e. The van der Waals surface area contributed by atoms with Crippen LogP contribution in [0.15, 0.2) is 54.7 Å². The summed E-state index contributed by atoms with van der Waals surface area (Å²) in [7, 11) is 0. The van der Waals surface area contributed by atoms with Crippen molar-refractivity contribution in [3.63, 3.8) is 0 Å². The summed E-state index contributed by atoms with van der Waals surface area (Å²) in [4.78, 5) is 16.0. The molecule has 1 aliphatic rings. The van der Waals surface area contributed by atoms with Crippen LogP contribution in [0.5, 0.6) is 0 Å². The van der Waals surface area contributed by atoms with Gasteiger partial charge in [-0.3, -0.25) is 9.48 Å². The molecule has 1 aliphatic heterocycles. The molecule has 0 saturated carbocycles. The summed E-state index contributed by atoms with van der Waals surface area (Å²) in [5.74, 6) is 0.0394. The molecule has 0 saturated heterocycles. The number of rotatable bonds is 4. The monoisotopic (exact) mass is 401 g/mol. The minimum absolute atomic E-state index is 0.0394. The maximum Gasteiger partial charge on any atom is 0.259 e. The molecule has 30 heavy (non-hydrogen) atoms. The van der Waals surface area contributed by atoms with E-state index in [1.165, 1.54) is 0 Å². The van der Waals surface area contributed by atoms with E-state index in [2.05, 4.69) is 64.4 Å². The van der Waals surface area contributed by atoms with Gasteiger partial charge in [0.05, 0.1) is 23.1 Å². The van der Waals surface area contributed by atoms with Crippen molar-refractivity contribution in [1.82, 2.24) is 9.78 Å². The molecule has 0 radical (unpaired) electrons. The van der Waals surface area contributed by atoms with E-state index in [0.717, 1.165) is 46.5 Å². The van der Waals surface area contributed by atoms with Gasteiger partial charge in [-0.25, -0.2) is 0 Å². The lowest BCUT2D eigenvalue weighted by molar-refractivity contribution is 0.0961. The molecule has 2 heterocycles. The third-order valence-electron chi connectivity index (χ3n) is 6.73.